The third-order valence-electron chi connectivity index (χ3n) is 5.59. The Morgan fingerprint density at radius 1 is 1.29 bits per heavy atom. The van der Waals surface area contributed by atoms with Crippen molar-refractivity contribution in [2.45, 2.75) is 51.0 Å². The highest BCUT2D eigenvalue weighted by atomic mass is 16.5. The van der Waals surface area contributed by atoms with Crippen LogP contribution in [0, 0.1) is 23.7 Å². The van der Waals surface area contributed by atoms with E-state index in [1.165, 1.54) is 38.5 Å². The van der Waals surface area contributed by atoms with Crippen LogP contribution in [0.5, 0.6) is 0 Å². The summed E-state index contributed by atoms with van der Waals surface area (Å²) < 4.78 is 5.89. The van der Waals surface area contributed by atoms with Gasteiger partial charge in [-0.25, -0.2) is 0 Å². The van der Waals surface area contributed by atoms with Crippen LogP contribution in [-0.4, -0.2) is 12.7 Å². The summed E-state index contributed by atoms with van der Waals surface area (Å²) in [4.78, 5) is 0. The summed E-state index contributed by atoms with van der Waals surface area (Å²) in [6.07, 6.45) is 8.59. The quantitative estimate of drug-likeness (QED) is 0.655. The molecule has 1 nitrogen and oxygen atoms in total. The minimum absolute atomic E-state index is 0.288. The van der Waals surface area contributed by atoms with Crippen LogP contribution in [0.25, 0.3) is 0 Å². The third-order valence-corrected chi connectivity index (χ3v) is 5.59. The van der Waals surface area contributed by atoms with Crippen LogP contribution < -0.4 is 0 Å². The van der Waals surface area contributed by atoms with Crippen molar-refractivity contribution in [2.75, 3.05) is 7.11 Å². The highest BCUT2D eigenvalue weighted by molar-refractivity contribution is 5.10. The van der Waals surface area contributed by atoms with E-state index in [2.05, 4.69) is 6.92 Å². The zero-order chi connectivity index (χ0) is 9.76. The Bertz CT molecular complexity index is 231. The van der Waals surface area contributed by atoms with Gasteiger partial charge >= 0.3 is 0 Å². The van der Waals surface area contributed by atoms with Gasteiger partial charge in [0.2, 0.25) is 0 Å². The van der Waals surface area contributed by atoms with E-state index in [9.17, 15) is 0 Å². The van der Waals surface area contributed by atoms with Crippen molar-refractivity contribution in [2.24, 2.45) is 23.7 Å². The Morgan fingerprint density at radius 3 is 2.79 bits per heavy atom. The SMILES string of the molecule is CCC1(OC)CC2CC1C1CCCC21. The summed E-state index contributed by atoms with van der Waals surface area (Å²) >= 11 is 0. The van der Waals surface area contributed by atoms with E-state index in [4.69, 9.17) is 4.74 Å². The van der Waals surface area contributed by atoms with Crippen molar-refractivity contribution >= 4 is 0 Å². The van der Waals surface area contributed by atoms with Gasteiger partial charge in [-0.1, -0.05) is 13.3 Å². The molecule has 0 radical (unpaired) electrons. The molecular weight excluding hydrogens is 172 g/mol. The van der Waals surface area contributed by atoms with Gasteiger partial charge in [-0.2, -0.15) is 0 Å². The van der Waals surface area contributed by atoms with Gasteiger partial charge in [0.05, 0.1) is 5.60 Å². The molecule has 0 aromatic carbocycles. The molecule has 0 spiro atoms. The lowest BCUT2D eigenvalue weighted by Gasteiger charge is -2.41. The summed E-state index contributed by atoms with van der Waals surface area (Å²) in [6.45, 7) is 2.31. The minimum Gasteiger partial charge on any atom is -0.378 e. The lowest BCUT2D eigenvalue weighted by Crippen LogP contribution is -2.42. The van der Waals surface area contributed by atoms with Gasteiger partial charge < -0.3 is 4.74 Å². The van der Waals surface area contributed by atoms with Crippen molar-refractivity contribution in [3.05, 3.63) is 0 Å². The number of fused-ring (bicyclic) bond motifs is 5. The molecule has 2 bridgehead atoms. The number of methoxy groups -OCH3 is 1. The van der Waals surface area contributed by atoms with Crippen LogP contribution in [0.4, 0.5) is 0 Å². The predicted molar refractivity (Wildman–Crippen MR) is 57.1 cm³/mol. The Balaban J connectivity index is 1.89. The number of rotatable bonds is 2. The Labute approximate surface area is 87.2 Å². The lowest BCUT2D eigenvalue weighted by atomic mass is 9.72. The van der Waals surface area contributed by atoms with Gasteiger partial charge in [0, 0.05) is 7.11 Å². The van der Waals surface area contributed by atoms with Crippen LogP contribution in [-0.2, 0) is 4.74 Å². The average Bonchev–Trinajstić information content (AvgIpc) is 2.88. The van der Waals surface area contributed by atoms with Crippen molar-refractivity contribution in [1.82, 2.24) is 0 Å². The van der Waals surface area contributed by atoms with Gasteiger partial charge in [-0.3, -0.25) is 0 Å². The maximum atomic E-state index is 5.89. The molecule has 0 N–H and O–H groups in total. The van der Waals surface area contributed by atoms with E-state index < -0.39 is 0 Å². The summed E-state index contributed by atoms with van der Waals surface area (Å²) in [5.41, 5.74) is 0.288. The molecule has 0 saturated heterocycles. The van der Waals surface area contributed by atoms with Gasteiger partial charge in [-0.05, 0) is 55.8 Å². The third kappa shape index (κ3) is 0.946. The maximum absolute atomic E-state index is 5.89. The molecule has 3 aliphatic rings. The minimum atomic E-state index is 0.288. The van der Waals surface area contributed by atoms with Gasteiger partial charge in [-0.15, -0.1) is 0 Å². The predicted octanol–water partition coefficient (Wildman–Crippen LogP) is 3.24. The van der Waals surface area contributed by atoms with Crippen molar-refractivity contribution in [3.63, 3.8) is 0 Å². The smallest absolute Gasteiger partial charge is 0.0709 e. The summed E-state index contributed by atoms with van der Waals surface area (Å²) in [7, 11) is 1.94. The monoisotopic (exact) mass is 194 g/mol. The van der Waals surface area contributed by atoms with E-state index in [0.717, 1.165) is 23.7 Å². The van der Waals surface area contributed by atoms with E-state index in [0.29, 0.717) is 0 Å². The zero-order valence-corrected chi connectivity index (χ0v) is 9.46. The molecule has 5 unspecified atom stereocenters. The molecule has 0 aliphatic heterocycles. The second-order valence-corrected chi connectivity index (χ2v) is 5.69. The van der Waals surface area contributed by atoms with Gasteiger partial charge in [0.25, 0.3) is 0 Å². The molecule has 0 heterocycles. The highest BCUT2D eigenvalue weighted by Crippen LogP contribution is 2.63. The standard InChI is InChI=1S/C13H22O/c1-3-13(14-2)8-9-7-12(13)11-6-4-5-10(9)11/h9-12H,3-8H2,1-2H3. The van der Waals surface area contributed by atoms with E-state index in [-0.39, 0.29) is 5.60 Å². The van der Waals surface area contributed by atoms with Gasteiger partial charge in [0.15, 0.2) is 0 Å². The second-order valence-electron chi connectivity index (χ2n) is 5.69. The zero-order valence-electron chi connectivity index (χ0n) is 9.46. The molecule has 1 heteroatoms. The van der Waals surface area contributed by atoms with Crippen molar-refractivity contribution < 1.29 is 4.74 Å². The van der Waals surface area contributed by atoms with E-state index in [1.54, 1.807) is 0 Å². The topological polar surface area (TPSA) is 9.23 Å². The molecule has 0 aromatic rings. The molecule has 3 saturated carbocycles. The number of hydrogen-bond acceptors (Lipinski definition) is 1. The lowest BCUT2D eigenvalue weighted by molar-refractivity contribution is -0.0817. The molecule has 0 aromatic heterocycles. The van der Waals surface area contributed by atoms with Crippen LogP contribution in [0.2, 0.25) is 0 Å². The van der Waals surface area contributed by atoms with Crippen molar-refractivity contribution in [3.8, 4) is 0 Å². The first-order valence-corrected chi connectivity index (χ1v) is 6.36. The van der Waals surface area contributed by atoms with Crippen LogP contribution in [0.1, 0.15) is 45.4 Å². The molecular formula is C13H22O. The molecule has 3 rings (SSSR count). The molecule has 0 amide bonds. The molecule has 5 atom stereocenters. The largest absolute Gasteiger partial charge is 0.378 e. The summed E-state index contributed by atoms with van der Waals surface area (Å²) in [5.74, 6) is 4.06. The van der Waals surface area contributed by atoms with Gasteiger partial charge in [0.1, 0.15) is 0 Å². The summed E-state index contributed by atoms with van der Waals surface area (Å²) in [5, 5.41) is 0. The van der Waals surface area contributed by atoms with Crippen LogP contribution in [0.15, 0.2) is 0 Å². The summed E-state index contributed by atoms with van der Waals surface area (Å²) in [6, 6.07) is 0. The fourth-order valence-electron chi connectivity index (χ4n) is 5.00. The normalized spacial score (nSPS) is 55.3. The van der Waals surface area contributed by atoms with Crippen LogP contribution in [0.3, 0.4) is 0 Å². The van der Waals surface area contributed by atoms with E-state index in [1.807, 2.05) is 7.11 Å². The fourth-order valence-corrected chi connectivity index (χ4v) is 5.00. The first-order valence-electron chi connectivity index (χ1n) is 6.36. The Hall–Kier alpha value is -0.0400. The van der Waals surface area contributed by atoms with Crippen molar-refractivity contribution in [1.29, 1.82) is 0 Å². The number of ether oxygens (including phenoxy) is 1. The molecule has 14 heavy (non-hydrogen) atoms. The first-order chi connectivity index (χ1) is 6.80. The second kappa shape index (κ2) is 2.98. The number of hydrogen-bond donors (Lipinski definition) is 0. The Kier molecular flexibility index (Phi) is 1.96. The first kappa shape index (κ1) is 9.21. The Morgan fingerprint density at radius 2 is 2.07 bits per heavy atom. The molecule has 3 aliphatic carbocycles. The van der Waals surface area contributed by atoms with E-state index >= 15 is 0 Å². The highest BCUT2D eigenvalue weighted by Gasteiger charge is 2.60. The average molecular weight is 194 g/mol. The molecule has 3 fully saturated rings. The maximum Gasteiger partial charge on any atom is 0.0709 e. The molecule has 80 valence electrons. The fraction of sp³-hybridized carbons (Fsp3) is 1.00. The van der Waals surface area contributed by atoms with Crippen LogP contribution >= 0.6 is 0 Å².